The van der Waals surface area contributed by atoms with Crippen LogP contribution in [0.5, 0.6) is 5.75 Å². The van der Waals surface area contributed by atoms with E-state index in [1.54, 1.807) is 0 Å². The first kappa shape index (κ1) is 15.9. The van der Waals surface area contributed by atoms with Gasteiger partial charge in [0, 0.05) is 22.1 Å². The van der Waals surface area contributed by atoms with Gasteiger partial charge in [0.15, 0.2) is 5.78 Å². The molecule has 0 aromatic heterocycles. The van der Waals surface area contributed by atoms with Crippen LogP contribution in [0.4, 0.5) is 4.39 Å². The number of benzene rings is 2. The van der Waals surface area contributed by atoms with Gasteiger partial charge in [-0.05, 0) is 30.7 Å². The molecule has 0 amide bonds. The molecule has 0 aliphatic heterocycles. The maximum Gasteiger partial charge on any atom is 0.163 e. The molecule has 0 saturated carbocycles. The van der Waals surface area contributed by atoms with Crippen molar-refractivity contribution in [2.24, 2.45) is 0 Å². The van der Waals surface area contributed by atoms with Crippen LogP contribution in [0.1, 0.15) is 28.4 Å². The summed E-state index contributed by atoms with van der Waals surface area (Å²) in [6, 6.07) is 9.79. The molecule has 0 saturated heterocycles. The van der Waals surface area contributed by atoms with Gasteiger partial charge in [0.2, 0.25) is 0 Å². The summed E-state index contributed by atoms with van der Waals surface area (Å²) in [6.45, 7) is 1.30. The van der Waals surface area contributed by atoms with Gasteiger partial charge < -0.3 is 5.11 Å². The molecule has 2 rings (SSSR count). The lowest BCUT2D eigenvalue weighted by Gasteiger charge is -2.09. The van der Waals surface area contributed by atoms with Gasteiger partial charge in [-0.2, -0.15) is 11.8 Å². The smallest absolute Gasteiger partial charge is 0.163 e. The van der Waals surface area contributed by atoms with Crippen molar-refractivity contribution in [1.82, 2.24) is 0 Å². The standard InChI is InChI=1S/C16H14ClFO2S/c1-10(19)14-7-13(18)6-12(16(14)20)9-21-8-11-4-2-3-5-15(11)17/h2-7,20H,8-9H2,1H3. The number of hydrogen-bond acceptors (Lipinski definition) is 3. The Balaban J connectivity index is 2.10. The van der Waals surface area contributed by atoms with Crippen LogP contribution in [0.2, 0.25) is 5.02 Å². The summed E-state index contributed by atoms with van der Waals surface area (Å²) in [6.07, 6.45) is 0. The van der Waals surface area contributed by atoms with E-state index >= 15 is 0 Å². The largest absolute Gasteiger partial charge is 0.507 e. The highest BCUT2D eigenvalue weighted by atomic mass is 35.5. The number of rotatable bonds is 5. The van der Waals surface area contributed by atoms with E-state index < -0.39 is 5.82 Å². The SMILES string of the molecule is CC(=O)c1cc(F)cc(CSCc2ccccc2Cl)c1O. The Bertz CT molecular complexity index is 673. The van der Waals surface area contributed by atoms with Crippen LogP contribution < -0.4 is 0 Å². The Hall–Kier alpha value is -1.52. The second-order valence-electron chi connectivity index (χ2n) is 4.60. The molecule has 0 radical (unpaired) electrons. The number of phenolic OH excluding ortho intramolecular Hbond substituents is 1. The van der Waals surface area contributed by atoms with Crippen LogP contribution in [0.15, 0.2) is 36.4 Å². The molecule has 2 nitrogen and oxygen atoms in total. The van der Waals surface area contributed by atoms with Crippen LogP contribution in [0.25, 0.3) is 0 Å². The zero-order valence-electron chi connectivity index (χ0n) is 11.4. The minimum atomic E-state index is -0.522. The summed E-state index contributed by atoms with van der Waals surface area (Å²) >= 11 is 7.56. The average Bonchev–Trinajstić information content (AvgIpc) is 2.44. The third kappa shape index (κ3) is 3.99. The first-order valence-electron chi connectivity index (χ1n) is 6.32. The molecule has 0 unspecified atom stereocenters. The highest BCUT2D eigenvalue weighted by Gasteiger charge is 2.13. The maximum atomic E-state index is 13.5. The molecule has 21 heavy (non-hydrogen) atoms. The highest BCUT2D eigenvalue weighted by molar-refractivity contribution is 7.97. The molecule has 1 N–H and O–H groups in total. The van der Waals surface area contributed by atoms with Crippen molar-refractivity contribution in [2.75, 3.05) is 0 Å². The number of thioether (sulfide) groups is 1. The summed E-state index contributed by atoms with van der Waals surface area (Å²) in [7, 11) is 0. The Morgan fingerprint density at radius 2 is 1.90 bits per heavy atom. The molecular formula is C16H14ClFO2S. The lowest BCUT2D eigenvalue weighted by atomic mass is 10.1. The Morgan fingerprint density at radius 3 is 2.57 bits per heavy atom. The minimum Gasteiger partial charge on any atom is -0.507 e. The van der Waals surface area contributed by atoms with Gasteiger partial charge in [0.25, 0.3) is 0 Å². The van der Waals surface area contributed by atoms with E-state index in [0.717, 1.165) is 11.6 Å². The van der Waals surface area contributed by atoms with E-state index in [1.165, 1.54) is 24.8 Å². The zero-order valence-corrected chi connectivity index (χ0v) is 13.0. The molecule has 2 aromatic rings. The predicted octanol–water partition coefficient (Wildman–Crippen LogP) is 4.82. The number of hydrogen-bond donors (Lipinski definition) is 1. The van der Waals surface area contributed by atoms with Crippen LogP contribution in [-0.2, 0) is 11.5 Å². The summed E-state index contributed by atoms with van der Waals surface area (Å²) in [4.78, 5) is 11.4. The number of carbonyl (C=O) groups is 1. The molecular weight excluding hydrogens is 311 g/mol. The molecule has 0 aliphatic carbocycles. The second kappa shape index (κ2) is 6.96. The lowest BCUT2D eigenvalue weighted by molar-refractivity contribution is 0.101. The Kier molecular flexibility index (Phi) is 5.26. The number of phenols is 1. The van der Waals surface area contributed by atoms with Gasteiger partial charge in [-0.1, -0.05) is 29.8 Å². The topological polar surface area (TPSA) is 37.3 Å². The van der Waals surface area contributed by atoms with E-state index in [0.29, 0.717) is 22.1 Å². The molecule has 110 valence electrons. The lowest BCUT2D eigenvalue weighted by Crippen LogP contribution is -1.97. The van der Waals surface area contributed by atoms with E-state index in [-0.39, 0.29) is 17.1 Å². The summed E-state index contributed by atoms with van der Waals surface area (Å²) in [5.74, 6) is 0.0198. The molecule has 2 aromatic carbocycles. The van der Waals surface area contributed by atoms with Crippen molar-refractivity contribution in [2.45, 2.75) is 18.4 Å². The van der Waals surface area contributed by atoms with Crippen molar-refractivity contribution in [1.29, 1.82) is 0 Å². The van der Waals surface area contributed by atoms with Gasteiger partial charge in [-0.3, -0.25) is 4.79 Å². The van der Waals surface area contributed by atoms with Crippen molar-refractivity contribution in [3.63, 3.8) is 0 Å². The number of carbonyl (C=O) groups excluding carboxylic acids is 1. The minimum absolute atomic E-state index is 0.0170. The van der Waals surface area contributed by atoms with Gasteiger partial charge in [-0.25, -0.2) is 4.39 Å². The molecule has 0 aliphatic rings. The van der Waals surface area contributed by atoms with Gasteiger partial charge >= 0.3 is 0 Å². The number of ketones is 1. The summed E-state index contributed by atoms with van der Waals surface area (Å²) in [5, 5.41) is 10.7. The highest BCUT2D eigenvalue weighted by Crippen LogP contribution is 2.30. The Morgan fingerprint density at radius 1 is 1.24 bits per heavy atom. The molecule has 0 fully saturated rings. The van der Waals surface area contributed by atoms with E-state index in [9.17, 15) is 14.3 Å². The second-order valence-corrected chi connectivity index (χ2v) is 5.99. The maximum absolute atomic E-state index is 13.5. The third-order valence-electron chi connectivity index (χ3n) is 3.01. The van der Waals surface area contributed by atoms with Crippen molar-refractivity contribution in [3.05, 3.63) is 63.9 Å². The fourth-order valence-electron chi connectivity index (χ4n) is 1.92. The van der Waals surface area contributed by atoms with Crippen molar-refractivity contribution in [3.8, 4) is 5.75 Å². The quantitative estimate of drug-likeness (QED) is 0.801. The summed E-state index contributed by atoms with van der Waals surface area (Å²) in [5.41, 5.74) is 1.41. The molecule has 5 heteroatoms. The first-order chi connectivity index (χ1) is 9.99. The van der Waals surface area contributed by atoms with Gasteiger partial charge in [-0.15, -0.1) is 0 Å². The average molecular weight is 325 g/mol. The molecule has 0 heterocycles. The normalized spacial score (nSPS) is 10.6. The number of aromatic hydroxyl groups is 1. The van der Waals surface area contributed by atoms with Crippen LogP contribution in [0, 0.1) is 5.82 Å². The monoisotopic (exact) mass is 324 g/mol. The molecule has 0 spiro atoms. The molecule has 0 atom stereocenters. The van der Waals surface area contributed by atoms with Crippen LogP contribution in [-0.4, -0.2) is 10.9 Å². The summed E-state index contributed by atoms with van der Waals surface area (Å²) < 4.78 is 13.5. The van der Waals surface area contributed by atoms with Crippen LogP contribution in [0.3, 0.4) is 0 Å². The third-order valence-corrected chi connectivity index (χ3v) is 4.40. The van der Waals surface area contributed by atoms with E-state index in [1.807, 2.05) is 24.3 Å². The van der Waals surface area contributed by atoms with E-state index in [4.69, 9.17) is 11.6 Å². The fourth-order valence-corrected chi connectivity index (χ4v) is 3.22. The van der Waals surface area contributed by atoms with Crippen molar-refractivity contribution >= 4 is 29.1 Å². The van der Waals surface area contributed by atoms with Crippen molar-refractivity contribution < 1.29 is 14.3 Å². The predicted molar refractivity (Wildman–Crippen MR) is 84.5 cm³/mol. The fraction of sp³-hybridized carbons (Fsp3) is 0.188. The molecule has 0 bridgehead atoms. The number of halogens is 2. The van der Waals surface area contributed by atoms with Crippen LogP contribution >= 0.6 is 23.4 Å². The zero-order chi connectivity index (χ0) is 15.4. The van der Waals surface area contributed by atoms with Gasteiger partial charge in [0.1, 0.15) is 11.6 Å². The number of Topliss-reactive ketones (excluding diaryl/α,β-unsaturated/α-hetero) is 1. The first-order valence-corrected chi connectivity index (χ1v) is 7.85. The van der Waals surface area contributed by atoms with Gasteiger partial charge in [0.05, 0.1) is 5.56 Å². The van der Waals surface area contributed by atoms with E-state index in [2.05, 4.69) is 0 Å². The Labute approximate surface area is 131 Å².